The number of aryl methyl sites for hydroxylation is 1. The van der Waals surface area contributed by atoms with Gasteiger partial charge in [-0.05, 0) is 43.0 Å². The Balaban J connectivity index is 1.80. The maximum atomic E-state index is 13.3. The van der Waals surface area contributed by atoms with Gasteiger partial charge in [0, 0.05) is 30.6 Å². The van der Waals surface area contributed by atoms with Crippen molar-refractivity contribution in [1.82, 2.24) is 9.88 Å². The van der Waals surface area contributed by atoms with Crippen molar-refractivity contribution in [3.8, 4) is 0 Å². The highest BCUT2D eigenvalue weighted by Gasteiger charge is 2.34. The van der Waals surface area contributed by atoms with E-state index in [1.807, 2.05) is 10.3 Å². The average Bonchev–Trinajstić information content (AvgIpc) is 3.19. The summed E-state index contributed by atoms with van der Waals surface area (Å²) in [6.07, 6.45) is 4.77. The highest BCUT2D eigenvalue weighted by Crippen LogP contribution is 2.32. The molecular weight excluding hydrogens is 396 g/mol. The van der Waals surface area contributed by atoms with Gasteiger partial charge in [0.15, 0.2) is 9.84 Å². The number of carboxylic acids is 1. The number of carboxylic acid groups (broad SMARTS) is 1. The van der Waals surface area contributed by atoms with Crippen molar-refractivity contribution in [3.63, 3.8) is 0 Å². The summed E-state index contributed by atoms with van der Waals surface area (Å²) in [7, 11) is -3.70. The lowest BCUT2D eigenvalue weighted by Crippen LogP contribution is -2.44. The Labute approximate surface area is 169 Å². The number of rotatable bonds is 7. The first-order chi connectivity index (χ1) is 13.3. The summed E-state index contributed by atoms with van der Waals surface area (Å²) in [5.74, 6) is -0.617. The van der Waals surface area contributed by atoms with E-state index < -0.39 is 21.2 Å². The van der Waals surface area contributed by atoms with Gasteiger partial charge in [0.05, 0.1) is 16.3 Å². The topological polar surface area (TPSA) is 87.6 Å². The maximum Gasteiger partial charge on any atom is 0.307 e. The Morgan fingerprint density at radius 2 is 2.14 bits per heavy atom. The molecule has 28 heavy (non-hydrogen) atoms. The Bertz CT molecular complexity index is 947. The third-order valence-corrected chi connectivity index (χ3v) is 8.18. The van der Waals surface area contributed by atoms with E-state index in [0.29, 0.717) is 24.6 Å². The molecule has 1 atom stereocenters. The molecule has 6 nitrogen and oxygen atoms in total. The van der Waals surface area contributed by atoms with Crippen molar-refractivity contribution in [1.29, 1.82) is 0 Å². The molecule has 1 aromatic heterocycles. The van der Waals surface area contributed by atoms with Crippen molar-refractivity contribution >= 4 is 27.1 Å². The number of thiazole rings is 1. The minimum atomic E-state index is -3.70. The predicted molar refractivity (Wildman–Crippen MR) is 109 cm³/mol. The van der Waals surface area contributed by atoms with Gasteiger partial charge in [-0.25, -0.2) is 13.4 Å². The lowest BCUT2D eigenvalue weighted by atomic mass is 9.97. The van der Waals surface area contributed by atoms with Crippen LogP contribution in [0.1, 0.15) is 34.9 Å². The third kappa shape index (κ3) is 4.34. The van der Waals surface area contributed by atoms with Crippen molar-refractivity contribution in [3.05, 3.63) is 58.6 Å². The number of aliphatic carboxylic acids is 1. The fraction of sp³-hybridized carbons (Fsp3) is 0.400. The molecule has 0 saturated carbocycles. The second-order valence-corrected chi connectivity index (χ2v) is 9.98. The molecule has 0 radical (unpaired) electrons. The molecule has 2 heterocycles. The van der Waals surface area contributed by atoms with Gasteiger partial charge in [0.25, 0.3) is 0 Å². The second-order valence-electron chi connectivity index (χ2n) is 7.01. The number of hydrogen-bond donors (Lipinski definition) is 1. The lowest BCUT2D eigenvalue weighted by molar-refractivity contribution is -0.136. The summed E-state index contributed by atoms with van der Waals surface area (Å²) < 4.78 is 26.5. The lowest BCUT2D eigenvalue weighted by Gasteiger charge is -2.35. The van der Waals surface area contributed by atoms with Gasteiger partial charge in [-0.15, -0.1) is 17.9 Å². The molecule has 0 spiro atoms. The number of likely N-dealkylation sites (tertiary alicyclic amines) is 1. The molecular formula is C20H24N2O4S2. The fourth-order valence-corrected chi connectivity index (χ4v) is 6.14. The summed E-state index contributed by atoms with van der Waals surface area (Å²) in [5, 5.41) is 11.3. The van der Waals surface area contributed by atoms with E-state index in [0.717, 1.165) is 23.4 Å². The summed E-state index contributed by atoms with van der Waals surface area (Å²) in [6, 6.07) is 4.70. The van der Waals surface area contributed by atoms with E-state index in [-0.39, 0.29) is 11.3 Å². The van der Waals surface area contributed by atoms with Crippen LogP contribution < -0.4 is 0 Å². The maximum absolute atomic E-state index is 13.3. The Morgan fingerprint density at radius 1 is 1.43 bits per heavy atom. The fourth-order valence-electron chi connectivity index (χ4n) is 3.63. The highest BCUT2D eigenvalue weighted by molar-refractivity contribution is 7.92. The SMILES string of the molecule is C=CC(N1CCC(c2nccs2)CC1)S(=O)(=O)c1ccc(C)c(CC(=O)O)c1. The van der Waals surface area contributed by atoms with Gasteiger partial charge in [-0.1, -0.05) is 12.1 Å². The van der Waals surface area contributed by atoms with Crippen LogP contribution in [0.4, 0.5) is 0 Å². The zero-order chi connectivity index (χ0) is 20.3. The van der Waals surface area contributed by atoms with Gasteiger partial charge in [-0.2, -0.15) is 0 Å². The molecule has 8 heteroatoms. The van der Waals surface area contributed by atoms with Gasteiger partial charge < -0.3 is 5.11 Å². The monoisotopic (exact) mass is 420 g/mol. The number of sulfone groups is 1. The van der Waals surface area contributed by atoms with Crippen molar-refractivity contribution in [2.45, 2.75) is 42.4 Å². The van der Waals surface area contributed by atoms with E-state index in [1.165, 1.54) is 12.1 Å². The van der Waals surface area contributed by atoms with E-state index in [4.69, 9.17) is 5.11 Å². The van der Waals surface area contributed by atoms with Crippen molar-refractivity contribution < 1.29 is 18.3 Å². The molecule has 0 aliphatic carbocycles. The normalized spacial score (nSPS) is 17.3. The summed E-state index contributed by atoms with van der Waals surface area (Å²) in [4.78, 5) is 17.5. The average molecular weight is 421 g/mol. The first-order valence-electron chi connectivity index (χ1n) is 9.14. The first kappa shape index (κ1) is 20.7. The minimum Gasteiger partial charge on any atom is -0.481 e. The summed E-state index contributed by atoms with van der Waals surface area (Å²) in [5.41, 5.74) is 1.28. The number of nitrogens with zero attached hydrogens (tertiary/aromatic N) is 2. The summed E-state index contributed by atoms with van der Waals surface area (Å²) >= 11 is 1.64. The van der Waals surface area contributed by atoms with Gasteiger partial charge in [-0.3, -0.25) is 9.69 Å². The van der Waals surface area contributed by atoms with Crippen molar-refractivity contribution in [2.24, 2.45) is 0 Å². The smallest absolute Gasteiger partial charge is 0.307 e. The van der Waals surface area contributed by atoms with E-state index in [1.54, 1.807) is 36.6 Å². The Hall–Kier alpha value is -2.03. The van der Waals surface area contributed by atoms with Crippen LogP contribution in [0.25, 0.3) is 0 Å². The second kappa shape index (κ2) is 8.55. The van der Waals surface area contributed by atoms with Crippen LogP contribution in [0.2, 0.25) is 0 Å². The van der Waals surface area contributed by atoms with Gasteiger partial charge in [0.1, 0.15) is 5.37 Å². The minimum absolute atomic E-state index is 0.140. The number of piperidine rings is 1. The zero-order valence-corrected chi connectivity index (χ0v) is 17.4. The van der Waals surface area contributed by atoms with Crippen LogP contribution in [-0.4, -0.2) is 47.8 Å². The number of carbonyl (C=O) groups is 1. The van der Waals surface area contributed by atoms with Gasteiger partial charge in [0.2, 0.25) is 0 Å². The van der Waals surface area contributed by atoms with E-state index in [2.05, 4.69) is 11.6 Å². The Morgan fingerprint density at radius 3 is 2.71 bits per heavy atom. The van der Waals surface area contributed by atoms with E-state index in [9.17, 15) is 13.2 Å². The number of aromatic nitrogens is 1. The van der Waals surface area contributed by atoms with E-state index >= 15 is 0 Å². The Kier molecular flexibility index (Phi) is 6.32. The molecule has 0 bridgehead atoms. The first-order valence-corrected chi connectivity index (χ1v) is 11.6. The van der Waals surface area contributed by atoms with Crippen LogP contribution in [0.5, 0.6) is 0 Å². The van der Waals surface area contributed by atoms with Crippen LogP contribution in [-0.2, 0) is 21.1 Å². The molecule has 150 valence electrons. The largest absolute Gasteiger partial charge is 0.481 e. The van der Waals surface area contributed by atoms with Crippen molar-refractivity contribution in [2.75, 3.05) is 13.1 Å². The molecule has 1 aromatic carbocycles. The molecule has 1 aliphatic rings. The molecule has 2 aromatic rings. The molecule has 1 fully saturated rings. The van der Waals surface area contributed by atoms with Gasteiger partial charge >= 0.3 is 5.97 Å². The highest BCUT2D eigenvalue weighted by atomic mass is 32.2. The molecule has 1 unspecified atom stereocenters. The van der Waals surface area contributed by atoms with Crippen LogP contribution in [0.3, 0.4) is 0 Å². The van der Waals surface area contributed by atoms with Crippen LogP contribution in [0.15, 0.2) is 47.3 Å². The molecule has 1 aliphatic heterocycles. The molecule has 0 amide bonds. The summed E-state index contributed by atoms with van der Waals surface area (Å²) in [6.45, 7) is 6.83. The predicted octanol–water partition coefficient (Wildman–Crippen LogP) is 3.24. The number of hydrogen-bond acceptors (Lipinski definition) is 6. The molecule has 1 N–H and O–H groups in total. The molecule has 3 rings (SSSR count). The third-order valence-electron chi connectivity index (χ3n) is 5.20. The van der Waals surface area contributed by atoms with Crippen LogP contribution >= 0.6 is 11.3 Å². The molecule has 1 saturated heterocycles. The quantitative estimate of drug-likeness (QED) is 0.692. The zero-order valence-electron chi connectivity index (χ0n) is 15.7. The standard InChI is InChI=1S/C20H24N2O4S2/c1-3-18(22-9-6-15(7-10-22)20-21-8-11-27-20)28(25,26)17-5-4-14(2)16(12-17)13-19(23)24/h3-5,8,11-12,15,18H,1,6-7,9-10,13H2,2H3,(H,23,24). The number of benzene rings is 1. The van der Waals surface area contributed by atoms with Crippen LogP contribution in [0, 0.1) is 6.92 Å².